The van der Waals surface area contributed by atoms with Crippen molar-refractivity contribution in [2.45, 2.75) is 64.2 Å². The first-order valence-electron chi connectivity index (χ1n) is 7.84. The monoisotopic (exact) mass is 284 g/mol. The van der Waals surface area contributed by atoms with Crippen molar-refractivity contribution < 1.29 is 14.8 Å². The van der Waals surface area contributed by atoms with Crippen LogP contribution >= 0.6 is 0 Å². The Morgan fingerprint density at radius 1 is 1.10 bits per heavy atom. The van der Waals surface area contributed by atoms with Gasteiger partial charge in [-0.2, -0.15) is 0 Å². The number of nitrogens with two attached hydrogens (primary N) is 1. The van der Waals surface area contributed by atoms with Gasteiger partial charge in [0.1, 0.15) is 5.78 Å². The number of rotatable bonds is 9. The number of nitrogens with one attached hydrogen (secondary N) is 1. The van der Waals surface area contributed by atoms with Crippen LogP contribution in [0.4, 0.5) is 0 Å². The summed E-state index contributed by atoms with van der Waals surface area (Å²) < 4.78 is 0. The first-order valence-corrected chi connectivity index (χ1v) is 7.84. The molecule has 1 rings (SSSR count). The maximum Gasteiger partial charge on any atom is 0.243 e. The predicted molar refractivity (Wildman–Crippen MR) is 77.1 cm³/mol. The molecule has 0 heterocycles. The van der Waals surface area contributed by atoms with Crippen LogP contribution in [0.15, 0.2) is 0 Å². The van der Waals surface area contributed by atoms with Gasteiger partial charge in [-0.1, -0.05) is 19.3 Å². The smallest absolute Gasteiger partial charge is 0.243 e. The number of carbonyl (C=O) groups excluding carboxylic acids is 2. The van der Waals surface area contributed by atoms with Crippen molar-refractivity contribution in [2.24, 2.45) is 17.6 Å². The predicted octanol–water partition coefficient (Wildman–Crippen LogP) is 2.17. The minimum atomic E-state index is -0.329. The van der Waals surface area contributed by atoms with Gasteiger partial charge in [0, 0.05) is 18.8 Å². The second-order valence-corrected chi connectivity index (χ2v) is 5.79. The molecule has 2 atom stereocenters. The van der Waals surface area contributed by atoms with E-state index in [0.29, 0.717) is 31.1 Å². The number of unbranched alkanes of at least 4 members (excludes halogenated alkanes) is 1. The van der Waals surface area contributed by atoms with Crippen LogP contribution in [0.25, 0.3) is 0 Å². The SMILES string of the molecule is NCCCC(=O)[C@@H]1CCCCC1CCCCC(=O)NO. The molecule has 5 nitrogen and oxygen atoms in total. The summed E-state index contributed by atoms with van der Waals surface area (Å²) >= 11 is 0. The lowest BCUT2D eigenvalue weighted by Gasteiger charge is -2.30. The second kappa shape index (κ2) is 9.88. The topological polar surface area (TPSA) is 92.4 Å². The Balaban J connectivity index is 2.32. The van der Waals surface area contributed by atoms with Crippen molar-refractivity contribution in [2.75, 3.05) is 6.54 Å². The van der Waals surface area contributed by atoms with Crippen LogP contribution in [0.2, 0.25) is 0 Å². The van der Waals surface area contributed by atoms with E-state index < -0.39 is 0 Å². The number of carbonyl (C=O) groups is 2. The highest BCUT2D eigenvalue weighted by Gasteiger charge is 2.29. The van der Waals surface area contributed by atoms with Crippen LogP contribution in [0.1, 0.15) is 64.2 Å². The van der Waals surface area contributed by atoms with Crippen molar-refractivity contribution in [1.82, 2.24) is 5.48 Å². The van der Waals surface area contributed by atoms with E-state index >= 15 is 0 Å². The maximum atomic E-state index is 12.2. The Morgan fingerprint density at radius 2 is 1.85 bits per heavy atom. The van der Waals surface area contributed by atoms with E-state index in [-0.39, 0.29) is 11.8 Å². The van der Waals surface area contributed by atoms with Crippen molar-refractivity contribution in [3.05, 3.63) is 0 Å². The zero-order valence-corrected chi connectivity index (χ0v) is 12.3. The number of hydrogen-bond acceptors (Lipinski definition) is 4. The average Bonchev–Trinajstić information content (AvgIpc) is 2.49. The molecular weight excluding hydrogens is 256 g/mol. The molecule has 0 aromatic rings. The van der Waals surface area contributed by atoms with Gasteiger partial charge in [-0.3, -0.25) is 14.8 Å². The molecule has 1 fully saturated rings. The van der Waals surface area contributed by atoms with Gasteiger partial charge in [0.25, 0.3) is 0 Å². The summed E-state index contributed by atoms with van der Waals surface area (Å²) in [6, 6.07) is 0. The molecule has 1 aliphatic rings. The highest BCUT2D eigenvalue weighted by atomic mass is 16.5. The number of Topliss-reactive ketones (excluding diaryl/α,β-unsaturated/α-hetero) is 1. The summed E-state index contributed by atoms with van der Waals surface area (Å²) in [5, 5.41) is 8.43. The third kappa shape index (κ3) is 6.01. The molecule has 1 aliphatic carbocycles. The minimum Gasteiger partial charge on any atom is -0.330 e. The van der Waals surface area contributed by atoms with Crippen LogP contribution < -0.4 is 11.2 Å². The third-order valence-electron chi connectivity index (χ3n) is 4.30. The first kappa shape index (κ1) is 17.1. The third-order valence-corrected chi connectivity index (χ3v) is 4.30. The van der Waals surface area contributed by atoms with E-state index in [1.165, 1.54) is 6.42 Å². The second-order valence-electron chi connectivity index (χ2n) is 5.79. The number of hydrogen-bond donors (Lipinski definition) is 3. The van der Waals surface area contributed by atoms with Crippen LogP contribution in [-0.2, 0) is 9.59 Å². The fourth-order valence-corrected chi connectivity index (χ4v) is 3.19. The molecule has 0 spiro atoms. The van der Waals surface area contributed by atoms with E-state index in [2.05, 4.69) is 0 Å². The highest BCUT2D eigenvalue weighted by molar-refractivity contribution is 5.81. The maximum absolute atomic E-state index is 12.2. The lowest BCUT2D eigenvalue weighted by Crippen LogP contribution is -2.27. The lowest BCUT2D eigenvalue weighted by molar-refractivity contribution is -0.129. The number of amides is 1. The molecule has 1 unspecified atom stereocenters. The van der Waals surface area contributed by atoms with E-state index in [0.717, 1.165) is 44.9 Å². The van der Waals surface area contributed by atoms with Gasteiger partial charge in [0.15, 0.2) is 0 Å². The lowest BCUT2D eigenvalue weighted by atomic mass is 9.74. The Labute approximate surface area is 121 Å². The Hall–Kier alpha value is -0.940. The van der Waals surface area contributed by atoms with Crippen LogP contribution in [-0.4, -0.2) is 23.4 Å². The Kier molecular flexibility index (Phi) is 8.46. The molecule has 0 aliphatic heterocycles. The van der Waals surface area contributed by atoms with Crippen molar-refractivity contribution in [3.8, 4) is 0 Å². The fourth-order valence-electron chi connectivity index (χ4n) is 3.19. The normalized spacial score (nSPS) is 22.5. The molecule has 0 radical (unpaired) electrons. The van der Waals surface area contributed by atoms with Gasteiger partial charge in [0.05, 0.1) is 0 Å². The van der Waals surface area contributed by atoms with Crippen LogP contribution in [0.5, 0.6) is 0 Å². The number of hydroxylamine groups is 1. The largest absolute Gasteiger partial charge is 0.330 e. The zero-order valence-electron chi connectivity index (χ0n) is 12.3. The molecule has 0 bridgehead atoms. The van der Waals surface area contributed by atoms with Crippen LogP contribution in [0, 0.1) is 11.8 Å². The number of ketones is 1. The van der Waals surface area contributed by atoms with E-state index in [1.54, 1.807) is 5.48 Å². The summed E-state index contributed by atoms with van der Waals surface area (Å²) in [6.45, 7) is 0.583. The van der Waals surface area contributed by atoms with Gasteiger partial charge >= 0.3 is 0 Å². The molecule has 0 aromatic carbocycles. The molecule has 20 heavy (non-hydrogen) atoms. The van der Waals surface area contributed by atoms with Gasteiger partial charge in [-0.05, 0) is 44.6 Å². The Morgan fingerprint density at radius 3 is 2.55 bits per heavy atom. The summed E-state index contributed by atoms with van der Waals surface area (Å²) in [6.07, 6.45) is 9.00. The van der Waals surface area contributed by atoms with E-state index in [4.69, 9.17) is 10.9 Å². The van der Waals surface area contributed by atoms with Gasteiger partial charge in [0.2, 0.25) is 5.91 Å². The van der Waals surface area contributed by atoms with Gasteiger partial charge < -0.3 is 5.73 Å². The van der Waals surface area contributed by atoms with Gasteiger partial charge in [-0.25, -0.2) is 5.48 Å². The fraction of sp³-hybridized carbons (Fsp3) is 0.867. The Bertz CT molecular complexity index is 307. The van der Waals surface area contributed by atoms with Crippen molar-refractivity contribution >= 4 is 11.7 Å². The summed E-state index contributed by atoms with van der Waals surface area (Å²) in [5.74, 6) is 0.741. The van der Waals surface area contributed by atoms with Crippen molar-refractivity contribution in [1.29, 1.82) is 0 Å². The molecule has 1 amide bonds. The highest BCUT2D eigenvalue weighted by Crippen LogP contribution is 2.35. The standard InChI is InChI=1S/C15H28N2O3/c16-11-5-9-14(18)13-8-3-1-6-12(13)7-2-4-10-15(19)17-20/h12-13,20H,1-11,16H2,(H,17,19)/t12?,13-/m1/s1. The molecule has 1 saturated carbocycles. The first-order chi connectivity index (χ1) is 9.69. The van der Waals surface area contributed by atoms with Gasteiger partial charge in [-0.15, -0.1) is 0 Å². The molecule has 0 saturated heterocycles. The van der Waals surface area contributed by atoms with E-state index in [1.807, 2.05) is 0 Å². The molecule has 5 heteroatoms. The molecule has 0 aromatic heterocycles. The van der Waals surface area contributed by atoms with E-state index in [9.17, 15) is 9.59 Å². The summed E-state index contributed by atoms with van der Waals surface area (Å²) in [7, 11) is 0. The minimum absolute atomic E-state index is 0.210. The summed E-state index contributed by atoms with van der Waals surface area (Å²) in [4.78, 5) is 23.1. The molecule has 4 N–H and O–H groups in total. The molecule has 116 valence electrons. The quantitative estimate of drug-likeness (QED) is 0.344. The van der Waals surface area contributed by atoms with Crippen molar-refractivity contribution in [3.63, 3.8) is 0 Å². The zero-order chi connectivity index (χ0) is 14.8. The summed E-state index contributed by atoms with van der Waals surface area (Å²) in [5.41, 5.74) is 7.12. The average molecular weight is 284 g/mol. The van der Waals surface area contributed by atoms with Crippen LogP contribution in [0.3, 0.4) is 0 Å². The molecular formula is C15H28N2O3.